The highest BCUT2D eigenvalue weighted by Crippen LogP contribution is 2.36. The summed E-state index contributed by atoms with van der Waals surface area (Å²) in [4.78, 5) is 30.1. The van der Waals surface area contributed by atoms with Gasteiger partial charge >= 0.3 is 0 Å². The molecule has 0 radical (unpaired) electrons. The SMILES string of the molecule is CCC(CC)C(=O)N1CCC[C@](COc2ccc(Cl)cc2)(CC(=O)N2CCOCC2)C1. The Morgan fingerprint density at radius 3 is 2.42 bits per heavy atom. The van der Waals surface area contributed by atoms with Gasteiger partial charge in [-0.1, -0.05) is 25.4 Å². The van der Waals surface area contributed by atoms with Gasteiger partial charge in [0, 0.05) is 49.0 Å². The lowest BCUT2D eigenvalue weighted by molar-refractivity contribution is -0.146. The molecule has 2 saturated heterocycles. The molecule has 0 saturated carbocycles. The van der Waals surface area contributed by atoms with Crippen LogP contribution in [0.15, 0.2) is 24.3 Å². The van der Waals surface area contributed by atoms with Gasteiger partial charge in [-0.25, -0.2) is 0 Å². The van der Waals surface area contributed by atoms with E-state index in [9.17, 15) is 9.59 Å². The van der Waals surface area contributed by atoms with Crippen LogP contribution in [0.5, 0.6) is 5.75 Å². The molecule has 2 heterocycles. The molecule has 0 N–H and O–H groups in total. The van der Waals surface area contributed by atoms with Gasteiger partial charge in [-0.3, -0.25) is 9.59 Å². The van der Waals surface area contributed by atoms with E-state index < -0.39 is 5.41 Å². The Balaban J connectivity index is 1.76. The number of piperidine rings is 1. The smallest absolute Gasteiger partial charge is 0.225 e. The third-order valence-electron chi connectivity index (χ3n) is 6.56. The summed E-state index contributed by atoms with van der Waals surface area (Å²) in [5, 5.41) is 0.657. The average Bonchev–Trinajstić information content (AvgIpc) is 2.80. The zero-order valence-corrected chi connectivity index (χ0v) is 19.5. The van der Waals surface area contributed by atoms with Gasteiger partial charge in [-0.2, -0.15) is 0 Å². The Kier molecular flexibility index (Phi) is 8.61. The number of hydrogen-bond donors (Lipinski definition) is 0. The zero-order chi connectivity index (χ0) is 22.3. The fraction of sp³-hybridized carbons (Fsp3) is 0.667. The molecule has 0 unspecified atom stereocenters. The molecular formula is C24H35ClN2O4. The number of hydrogen-bond acceptors (Lipinski definition) is 4. The van der Waals surface area contributed by atoms with E-state index in [0.29, 0.717) is 50.9 Å². The minimum absolute atomic E-state index is 0.0444. The molecule has 31 heavy (non-hydrogen) atoms. The standard InChI is InChI=1S/C24H35ClN2O4/c1-3-19(4-2)23(29)27-11-5-10-24(17-27,16-22(28)26-12-14-30-15-13-26)18-31-21-8-6-20(25)7-9-21/h6-9,19H,3-5,10-18H2,1-2H3/t24-/m0/s1. The quantitative estimate of drug-likeness (QED) is 0.600. The van der Waals surface area contributed by atoms with Crippen LogP contribution >= 0.6 is 11.6 Å². The van der Waals surface area contributed by atoms with Crippen molar-refractivity contribution in [3.63, 3.8) is 0 Å². The van der Waals surface area contributed by atoms with Crippen LogP contribution in [-0.4, -0.2) is 67.6 Å². The van der Waals surface area contributed by atoms with E-state index in [1.165, 1.54) is 0 Å². The van der Waals surface area contributed by atoms with E-state index in [1.807, 2.05) is 21.9 Å². The van der Waals surface area contributed by atoms with E-state index in [4.69, 9.17) is 21.1 Å². The molecule has 2 amide bonds. The molecule has 2 fully saturated rings. The summed E-state index contributed by atoms with van der Waals surface area (Å²) in [6.45, 7) is 8.27. The molecule has 0 bridgehead atoms. The fourth-order valence-electron chi connectivity index (χ4n) is 4.62. The second-order valence-corrected chi connectivity index (χ2v) is 9.23. The van der Waals surface area contributed by atoms with Crippen molar-refractivity contribution in [1.82, 2.24) is 9.80 Å². The third kappa shape index (κ3) is 6.36. The van der Waals surface area contributed by atoms with Gasteiger partial charge in [-0.05, 0) is 49.9 Å². The van der Waals surface area contributed by atoms with Crippen LogP contribution in [0.4, 0.5) is 0 Å². The molecule has 3 rings (SSSR count). The predicted molar refractivity (Wildman–Crippen MR) is 121 cm³/mol. The van der Waals surface area contributed by atoms with Gasteiger partial charge < -0.3 is 19.3 Å². The first-order valence-electron chi connectivity index (χ1n) is 11.5. The van der Waals surface area contributed by atoms with E-state index in [0.717, 1.165) is 38.0 Å². The van der Waals surface area contributed by atoms with E-state index >= 15 is 0 Å². The molecule has 172 valence electrons. The molecule has 1 aromatic carbocycles. The normalized spacial score (nSPS) is 21.9. The number of benzene rings is 1. The van der Waals surface area contributed by atoms with Gasteiger partial charge in [0.15, 0.2) is 0 Å². The fourth-order valence-corrected chi connectivity index (χ4v) is 4.74. The van der Waals surface area contributed by atoms with Crippen LogP contribution in [0.2, 0.25) is 5.02 Å². The highest BCUT2D eigenvalue weighted by atomic mass is 35.5. The Hall–Kier alpha value is -1.79. The summed E-state index contributed by atoms with van der Waals surface area (Å²) in [6.07, 6.45) is 3.81. The molecule has 6 nitrogen and oxygen atoms in total. The van der Waals surface area contributed by atoms with Gasteiger partial charge in [0.05, 0.1) is 19.8 Å². The minimum atomic E-state index is -0.394. The number of likely N-dealkylation sites (tertiary alicyclic amines) is 1. The van der Waals surface area contributed by atoms with Crippen LogP contribution in [-0.2, 0) is 14.3 Å². The van der Waals surface area contributed by atoms with Crippen LogP contribution in [0.3, 0.4) is 0 Å². The highest BCUT2D eigenvalue weighted by Gasteiger charge is 2.41. The summed E-state index contributed by atoms with van der Waals surface area (Å²) in [6, 6.07) is 7.28. The molecular weight excluding hydrogens is 416 g/mol. The summed E-state index contributed by atoms with van der Waals surface area (Å²) in [5.41, 5.74) is -0.394. The van der Waals surface area contributed by atoms with Crippen molar-refractivity contribution in [1.29, 1.82) is 0 Å². The van der Waals surface area contributed by atoms with Crippen molar-refractivity contribution in [2.24, 2.45) is 11.3 Å². The zero-order valence-electron chi connectivity index (χ0n) is 18.8. The average molecular weight is 451 g/mol. The van der Waals surface area contributed by atoms with Crippen molar-refractivity contribution in [3.8, 4) is 5.75 Å². The van der Waals surface area contributed by atoms with E-state index in [2.05, 4.69) is 13.8 Å². The molecule has 1 aromatic rings. The van der Waals surface area contributed by atoms with Gasteiger partial charge in [0.1, 0.15) is 5.75 Å². The Labute approximate surface area is 190 Å². The van der Waals surface area contributed by atoms with E-state index in [1.54, 1.807) is 12.1 Å². The molecule has 0 spiro atoms. The lowest BCUT2D eigenvalue weighted by atomic mass is 9.76. The number of rotatable bonds is 8. The number of carbonyl (C=O) groups excluding carboxylic acids is 2. The topological polar surface area (TPSA) is 59.1 Å². The molecule has 0 aliphatic carbocycles. The number of halogens is 1. The molecule has 2 aliphatic rings. The maximum atomic E-state index is 13.1. The first-order chi connectivity index (χ1) is 15.0. The lowest BCUT2D eigenvalue weighted by Gasteiger charge is -2.44. The maximum absolute atomic E-state index is 13.1. The Bertz CT molecular complexity index is 732. The lowest BCUT2D eigenvalue weighted by Crippen LogP contribution is -2.53. The first-order valence-corrected chi connectivity index (χ1v) is 11.9. The molecule has 0 aromatic heterocycles. The molecule has 7 heteroatoms. The van der Waals surface area contributed by atoms with Gasteiger partial charge in [0.2, 0.25) is 11.8 Å². The summed E-state index contributed by atoms with van der Waals surface area (Å²) < 4.78 is 11.5. The van der Waals surface area contributed by atoms with Crippen molar-refractivity contribution in [2.45, 2.75) is 46.0 Å². The number of morpholine rings is 1. The maximum Gasteiger partial charge on any atom is 0.225 e. The van der Waals surface area contributed by atoms with Gasteiger partial charge in [0.25, 0.3) is 0 Å². The second-order valence-electron chi connectivity index (χ2n) is 8.79. The number of nitrogens with zero attached hydrogens (tertiary/aromatic N) is 2. The third-order valence-corrected chi connectivity index (χ3v) is 6.81. The van der Waals surface area contributed by atoms with Crippen molar-refractivity contribution in [2.75, 3.05) is 46.0 Å². The van der Waals surface area contributed by atoms with Crippen molar-refractivity contribution >= 4 is 23.4 Å². The number of ether oxygens (including phenoxy) is 2. The summed E-state index contributed by atoms with van der Waals surface area (Å²) in [5.74, 6) is 1.10. The second kappa shape index (κ2) is 11.2. The summed E-state index contributed by atoms with van der Waals surface area (Å²) in [7, 11) is 0. The largest absolute Gasteiger partial charge is 0.493 e. The van der Waals surface area contributed by atoms with Crippen LogP contribution in [0.1, 0.15) is 46.0 Å². The minimum Gasteiger partial charge on any atom is -0.493 e. The highest BCUT2D eigenvalue weighted by molar-refractivity contribution is 6.30. The van der Waals surface area contributed by atoms with Crippen molar-refractivity contribution < 1.29 is 19.1 Å². The Morgan fingerprint density at radius 2 is 1.77 bits per heavy atom. The predicted octanol–water partition coefficient (Wildman–Crippen LogP) is 4.01. The summed E-state index contributed by atoms with van der Waals surface area (Å²) >= 11 is 5.99. The van der Waals surface area contributed by atoms with Crippen LogP contribution < -0.4 is 4.74 Å². The van der Waals surface area contributed by atoms with Crippen LogP contribution in [0, 0.1) is 11.3 Å². The van der Waals surface area contributed by atoms with Crippen molar-refractivity contribution in [3.05, 3.63) is 29.3 Å². The van der Waals surface area contributed by atoms with Gasteiger partial charge in [-0.15, -0.1) is 0 Å². The monoisotopic (exact) mass is 450 g/mol. The Morgan fingerprint density at radius 1 is 1.10 bits per heavy atom. The van der Waals surface area contributed by atoms with E-state index in [-0.39, 0.29) is 17.7 Å². The molecule has 2 aliphatic heterocycles. The number of carbonyl (C=O) groups is 2. The number of amides is 2. The van der Waals surface area contributed by atoms with Crippen LogP contribution in [0.25, 0.3) is 0 Å². The first kappa shape index (κ1) is 23.9. The molecule has 1 atom stereocenters.